The number of aromatic amines is 1. The van der Waals surface area contributed by atoms with Gasteiger partial charge < -0.3 is 19.4 Å². The number of pyridine rings is 1. The first-order valence-corrected chi connectivity index (χ1v) is 12.7. The summed E-state index contributed by atoms with van der Waals surface area (Å²) in [6, 6.07) is 15.9. The standard InChI is InChI=1S/C30H38N2O4/c1-6-7-17-23-26(28-24(35-4)18-13-19-25(28)36-5)21(2)27(29(33)31-23)30(34)32(3)20-12-11-16-22-14-9-8-10-15-22/h8-10,13-15,18-19H,6-7,11-12,16-17,20H2,1-5H3,(H,31,33). The number of hydrogen-bond acceptors (Lipinski definition) is 4. The minimum atomic E-state index is -0.350. The van der Waals surface area contributed by atoms with E-state index in [1.165, 1.54) is 5.56 Å². The van der Waals surface area contributed by atoms with E-state index >= 15 is 0 Å². The molecule has 0 aliphatic rings. The van der Waals surface area contributed by atoms with Crippen LogP contribution in [0.15, 0.2) is 53.3 Å². The van der Waals surface area contributed by atoms with Crippen LogP contribution in [0, 0.1) is 6.92 Å². The van der Waals surface area contributed by atoms with Crippen molar-refractivity contribution in [3.05, 3.63) is 81.3 Å². The average Bonchev–Trinajstić information content (AvgIpc) is 2.89. The van der Waals surface area contributed by atoms with Gasteiger partial charge in [-0.1, -0.05) is 49.7 Å². The largest absolute Gasteiger partial charge is 0.496 e. The predicted octanol–water partition coefficient (Wildman–Crippen LogP) is 5.81. The number of amides is 1. The number of aromatic nitrogens is 1. The Morgan fingerprint density at radius 2 is 1.56 bits per heavy atom. The van der Waals surface area contributed by atoms with Crippen molar-refractivity contribution < 1.29 is 14.3 Å². The van der Waals surface area contributed by atoms with Crippen LogP contribution in [0.1, 0.15) is 59.8 Å². The second-order valence-electron chi connectivity index (χ2n) is 9.12. The van der Waals surface area contributed by atoms with E-state index in [-0.39, 0.29) is 17.0 Å². The predicted molar refractivity (Wildman–Crippen MR) is 145 cm³/mol. The van der Waals surface area contributed by atoms with E-state index in [1.54, 1.807) is 26.2 Å². The van der Waals surface area contributed by atoms with Gasteiger partial charge in [0.1, 0.15) is 17.1 Å². The minimum absolute atomic E-state index is 0.170. The summed E-state index contributed by atoms with van der Waals surface area (Å²) in [4.78, 5) is 31.4. The van der Waals surface area contributed by atoms with Gasteiger partial charge in [0.25, 0.3) is 11.5 Å². The number of aryl methyl sites for hydroxylation is 2. The Bertz CT molecular complexity index is 1200. The van der Waals surface area contributed by atoms with E-state index in [0.717, 1.165) is 48.9 Å². The van der Waals surface area contributed by atoms with Gasteiger partial charge in [-0.25, -0.2) is 0 Å². The van der Waals surface area contributed by atoms with Crippen LogP contribution in [0.5, 0.6) is 11.5 Å². The maximum absolute atomic E-state index is 13.5. The third kappa shape index (κ3) is 6.17. The Labute approximate surface area is 214 Å². The number of unbranched alkanes of at least 4 members (excludes halogenated alkanes) is 2. The van der Waals surface area contributed by atoms with E-state index in [4.69, 9.17) is 9.47 Å². The summed E-state index contributed by atoms with van der Waals surface area (Å²) < 4.78 is 11.3. The first kappa shape index (κ1) is 27.1. The fourth-order valence-corrected chi connectivity index (χ4v) is 4.63. The molecule has 0 bridgehead atoms. The molecule has 0 aliphatic carbocycles. The molecule has 0 saturated heterocycles. The number of methoxy groups -OCH3 is 2. The zero-order valence-electron chi connectivity index (χ0n) is 22.1. The van der Waals surface area contributed by atoms with Gasteiger partial charge in [-0.15, -0.1) is 0 Å². The molecule has 0 aliphatic heterocycles. The normalized spacial score (nSPS) is 10.8. The third-order valence-corrected chi connectivity index (χ3v) is 6.61. The molecule has 0 radical (unpaired) electrons. The number of hydrogen-bond donors (Lipinski definition) is 1. The molecule has 3 aromatic rings. The van der Waals surface area contributed by atoms with Crippen molar-refractivity contribution in [3.63, 3.8) is 0 Å². The van der Waals surface area contributed by atoms with Crippen molar-refractivity contribution in [1.82, 2.24) is 9.88 Å². The topological polar surface area (TPSA) is 71.6 Å². The lowest BCUT2D eigenvalue weighted by molar-refractivity contribution is 0.0790. The fourth-order valence-electron chi connectivity index (χ4n) is 4.63. The molecule has 1 heterocycles. The molecule has 0 unspecified atom stereocenters. The molecular weight excluding hydrogens is 452 g/mol. The van der Waals surface area contributed by atoms with Gasteiger partial charge in [-0.2, -0.15) is 0 Å². The summed E-state index contributed by atoms with van der Waals surface area (Å²) in [7, 11) is 4.98. The third-order valence-electron chi connectivity index (χ3n) is 6.61. The summed E-state index contributed by atoms with van der Waals surface area (Å²) in [6.45, 7) is 4.54. The van der Waals surface area contributed by atoms with Gasteiger partial charge in [0, 0.05) is 24.8 Å². The maximum Gasteiger partial charge on any atom is 0.261 e. The molecule has 1 aromatic heterocycles. The molecule has 6 nitrogen and oxygen atoms in total. The number of carbonyl (C=O) groups is 1. The Balaban J connectivity index is 1.94. The number of benzene rings is 2. The second kappa shape index (κ2) is 13.0. The van der Waals surface area contributed by atoms with Crippen LogP contribution in [0.2, 0.25) is 0 Å². The molecule has 3 rings (SSSR count). The lowest BCUT2D eigenvalue weighted by atomic mass is 9.92. The first-order chi connectivity index (χ1) is 17.4. The van der Waals surface area contributed by atoms with Crippen molar-refractivity contribution >= 4 is 5.91 Å². The summed E-state index contributed by atoms with van der Waals surface area (Å²) >= 11 is 0. The number of ether oxygens (including phenoxy) is 2. The smallest absolute Gasteiger partial charge is 0.261 e. The number of H-pyrrole nitrogens is 1. The molecule has 6 heteroatoms. The van der Waals surface area contributed by atoms with Crippen molar-refractivity contribution in [1.29, 1.82) is 0 Å². The summed E-state index contributed by atoms with van der Waals surface area (Å²) in [5, 5.41) is 0. The van der Waals surface area contributed by atoms with Gasteiger partial charge in [-0.3, -0.25) is 9.59 Å². The van der Waals surface area contributed by atoms with Crippen molar-refractivity contribution in [2.24, 2.45) is 0 Å². The molecule has 0 saturated carbocycles. The number of rotatable bonds is 12. The molecule has 1 amide bonds. The second-order valence-corrected chi connectivity index (χ2v) is 9.12. The monoisotopic (exact) mass is 490 g/mol. The highest BCUT2D eigenvalue weighted by molar-refractivity contribution is 5.98. The molecule has 36 heavy (non-hydrogen) atoms. The lowest BCUT2D eigenvalue weighted by Gasteiger charge is -2.22. The molecule has 0 spiro atoms. The van der Waals surface area contributed by atoms with Gasteiger partial charge in [-0.05, 0) is 62.3 Å². The van der Waals surface area contributed by atoms with Gasteiger partial charge >= 0.3 is 0 Å². The molecule has 1 N–H and O–H groups in total. The van der Waals surface area contributed by atoms with Crippen LogP contribution in [0.3, 0.4) is 0 Å². The number of nitrogens with one attached hydrogen (secondary N) is 1. The van der Waals surface area contributed by atoms with Crippen LogP contribution >= 0.6 is 0 Å². The number of carbonyl (C=O) groups excluding carboxylic acids is 1. The van der Waals surface area contributed by atoms with Crippen LogP contribution < -0.4 is 15.0 Å². The van der Waals surface area contributed by atoms with Crippen molar-refractivity contribution in [2.45, 2.75) is 52.4 Å². The Hall–Kier alpha value is -3.54. The Morgan fingerprint density at radius 1 is 0.889 bits per heavy atom. The molecule has 192 valence electrons. The van der Waals surface area contributed by atoms with Crippen LogP contribution in [-0.4, -0.2) is 43.6 Å². The quantitative estimate of drug-likeness (QED) is 0.326. The SMILES string of the molecule is CCCCc1[nH]c(=O)c(C(=O)N(C)CCCCc2ccccc2)c(C)c1-c1c(OC)cccc1OC. The number of nitrogens with zero attached hydrogens (tertiary/aromatic N) is 1. The fraction of sp³-hybridized carbons (Fsp3) is 0.400. The zero-order valence-corrected chi connectivity index (χ0v) is 22.1. The van der Waals surface area contributed by atoms with Crippen molar-refractivity contribution in [2.75, 3.05) is 27.8 Å². The highest BCUT2D eigenvalue weighted by Crippen LogP contribution is 2.42. The molecule has 0 fully saturated rings. The zero-order chi connectivity index (χ0) is 26.1. The molecule has 2 aromatic carbocycles. The highest BCUT2D eigenvalue weighted by Gasteiger charge is 2.26. The van der Waals surface area contributed by atoms with Crippen molar-refractivity contribution in [3.8, 4) is 22.6 Å². The minimum Gasteiger partial charge on any atom is -0.496 e. The summed E-state index contributed by atoms with van der Waals surface area (Å²) in [5.41, 5.74) is 4.11. The molecular formula is C30H38N2O4. The average molecular weight is 491 g/mol. The van der Waals surface area contributed by atoms with E-state index in [0.29, 0.717) is 30.0 Å². The van der Waals surface area contributed by atoms with Crippen LogP contribution in [0.4, 0.5) is 0 Å². The summed E-state index contributed by atoms with van der Waals surface area (Å²) in [6.07, 6.45) is 5.37. The van der Waals surface area contributed by atoms with Gasteiger partial charge in [0.15, 0.2) is 0 Å². The first-order valence-electron chi connectivity index (χ1n) is 12.7. The van der Waals surface area contributed by atoms with E-state index < -0.39 is 0 Å². The van der Waals surface area contributed by atoms with E-state index in [9.17, 15) is 9.59 Å². The maximum atomic E-state index is 13.5. The Morgan fingerprint density at radius 3 is 2.17 bits per heavy atom. The van der Waals surface area contributed by atoms with Gasteiger partial charge in [0.2, 0.25) is 0 Å². The molecule has 0 atom stereocenters. The van der Waals surface area contributed by atoms with E-state index in [2.05, 4.69) is 24.0 Å². The lowest BCUT2D eigenvalue weighted by Crippen LogP contribution is -2.34. The summed E-state index contributed by atoms with van der Waals surface area (Å²) in [5.74, 6) is 0.996. The van der Waals surface area contributed by atoms with Gasteiger partial charge in [0.05, 0.1) is 19.8 Å². The highest BCUT2D eigenvalue weighted by atomic mass is 16.5. The van der Waals surface area contributed by atoms with Crippen LogP contribution in [-0.2, 0) is 12.8 Å². The van der Waals surface area contributed by atoms with E-state index in [1.807, 2.05) is 43.3 Å². The van der Waals surface area contributed by atoms with Crippen LogP contribution in [0.25, 0.3) is 11.1 Å². The Kier molecular flexibility index (Phi) is 9.74.